The summed E-state index contributed by atoms with van der Waals surface area (Å²) in [6, 6.07) is 0. The molecule has 0 aliphatic heterocycles. The van der Waals surface area contributed by atoms with Crippen LogP contribution in [-0.2, 0) is 0 Å². The van der Waals surface area contributed by atoms with Crippen molar-refractivity contribution in [3.8, 4) is 0 Å². The van der Waals surface area contributed by atoms with Gasteiger partial charge in [-0.1, -0.05) is 200 Å². The summed E-state index contributed by atoms with van der Waals surface area (Å²) >= 11 is 0. The van der Waals surface area contributed by atoms with Gasteiger partial charge in [-0.3, -0.25) is 0 Å². The smallest absolute Gasteiger partial charge is 0.0782 e. The van der Waals surface area contributed by atoms with Crippen molar-refractivity contribution in [3.05, 3.63) is 0 Å². The van der Waals surface area contributed by atoms with Crippen LogP contribution in [0.3, 0.4) is 0 Å². The molecule has 0 radical (unpaired) electrons. The van der Waals surface area contributed by atoms with Crippen LogP contribution in [0.5, 0.6) is 0 Å². The quantitative estimate of drug-likeness (QED) is 0.0540. The second kappa shape index (κ2) is 36.1. The molecular weight excluding hydrogens is 498 g/mol. The molecule has 2 heteroatoms. The molecule has 41 heavy (non-hydrogen) atoms. The number of unbranched alkanes of at least 4 members (excludes halogenated alkanes) is 31. The normalized spacial score (nSPS) is 11.7. The Balaban J connectivity index is 0. The first kappa shape index (κ1) is 43.0. The minimum absolute atomic E-state index is 0. The lowest BCUT2D eigenvalue weighted by atomic mass is 10.0. The molecule has 0 aromatic heterocycles. The van der Waals surface area contributed by atoms with Crippen LogP contribution in [0.1, 0.15) is 226 Å². The largest absolute Gasteiger partial charge is 0.870 e. The predicted octanol–water partition coefficient (Wildman–Crippen LogP) is 13.8. The molecular formula is C39H83NO. The average molecular weight is 582 g/mol. The van der Waals surface area contributed by atoms with Crippen molar-refractivity contribution < 1.29 is 9.96 Å². The third-order valence-corrected chi connectivity index (χ3v) is 9.48. The van der Waals surface area contributed by atoms with Gasteiger partial charge in [-0.25, -0.2) is 0 Å². The van der Waals surface area contributed by atoms with Gasteiger partial charge in [-0.05, 0) is 25.7 Å². The molecule has 0 aromatic carbocycles. The summed E-state index contributed by atoms with van der Waals surface area (Å²) < 4.78 is 1.25. The third kappa shape index (κ3) is 37.9. The molecule has 0 heterocycles. The van der Waals surface area contributed by atoms with Crippen LogP contribution in [0.4, 0.5) is 0 Å². The Hall–Kier alpha value is -0.0800. The van der Waals surface area contributed by atoms with E-state index in [0.29, 0.717) is 0 Å². The van der Waals surface area contributed by atoms with E-state index in [-0.39, 0.29) is 5.48 Å². The van der Waals surface area contributed by atoms with Crippen molar-refractivity contribution in [2.75, 3.05) is 27.2 Å². The van der Waals surface area contributed by atoms with E-state index in [0.717, 1.165) is 0 Å². The fraction of sp³-hybridized carbons (Fsp3) is 1.00. The summed E-state index contributed by atoms with van der Waals surface area (Å²) in [4.78, 5) is 0. The molecule has 0 aromatic rings. The summed E-state index contributed by atoms with van der Waals surface area (Å²) in [6.45, 7) is 7.39. The fourth-order valence-electron chi connectivity index (χ4n) is 6.46. The van der Waals surface area contributed by atoms with Crippen molar-refractivity contribution in [2.45, 2.75) is 226 Å². The van der Waals surface area contributed by atoms with Gasteiger partial charge >= 0.3 is 0 Å². The number of hydrogen-bond donors (Lipinski definition) is 0. The maximum absolute atomic E-state index is 2.47. The second-order valence-electron chi connectivity index (χ2n) is 14.3. The lowest BCUT2D eigenvalue weighted by Crippen LogP contribution is -2.41. The van der Waals surface area contributed by atoms with Gasteiger partial charge in [0, 0.05) is 0 Å². The number of nitrogens with zero attached hydrogens (tertiary/aromatic N) is 1. The molecule has 0 saturated heterocycles. The van der Waals surface area contributed by atoms with Crippen molar-refractivity contribution in [3.63, 3.8) is 0 Å². The molecule has 0 unspecified atom stereocenters. The lowest BCUT2D eigenvalue weighted by molar-refractivity contribution is -0.890. The Morgan fingerprint density at radius 1 is 0.244 bits per heavy atom. The third-order valence-electron chi connectivity index (χ3n) is 9.48. The second-order valence-corrected chi connectivity index (χ2v) is 14.3. The van der Waals surface area contributed by atoms with Gasteiger partial charge in [0.05, 0.1) is 27.2 Å². The van der Waals surface area contributed by atoms with E-state index in [9.17, 15) is 0 Å². The number of quaternary nitrogens is 1. The van der Waals surface area contributed by atoms with E-state index in [1.54, 1.807) is 0 Å². The molecule has 0 saturated carbocycles. The van der Waals surface area contributed by atoms with Crippen LogP contribution in [0.2, 0.25) is 0 Å². The summed E-state index contributed by atoms with van der Waals surface area (Å²) in [7, 11) is 4.94. The monoisotopic (exact) mass is 582 g/mol. The van der Waals surface area contributed by atoms with Crippen LogP contribution in [0, 0.1) is 0 Å². The maximum atomic E-state index is 2.47. The fourth-order valence-corrected chi connectivity index (χ4v) is 6.46. The zero-order chi connectivity index (χ0) is 29.2. The van der Waals surface area contributed by atoms with Crippen molar-refractivity contribution in [1.29, 1.82) is 0 Å². The SMILES string of the molecule is CCCCCCCCCCCCCCCCCCC[N+](C)(C)CCCCCCCCCCCCCCCCCC.[OH-]. The highest BCUT2D eigenvalue weighted by atomic mass is 16.0. The molecule has 0 aliphatic carbocycles. The summed E-state index contributed by atoms with van der Waals surface area (Å²) in [5.74, 6) is 0. The van der Waals surface area contributed by atoms with Gasteiger partial charge in [0.1, 0.15) is 0 Å². The van der Waals surface area contributed by atoms with Gasteiger partial charge in [-0.15, -0.1) is 0 Å². The van der Waals surface area contributed by atoms with Crippen LogP contribution in [0.25, 0.3) is 0 Å². The first-order valence-corrected chi connectivity index (χ1v) is 19.4. The van der Waals surface area contributed by atoms with Gasteiger partial charge < -0.3 is 9.96 Å². The van der Waals surface area contributed by atoms with Crippen molar-refractivity contribution in [2.24, 2.45) is 0 Å². The van der Waals surface area contributed by atoms with E-state index >= 15 is 0 Å². The summed E-state index contributed by atoms with van der Waals surface area (Å²) in [6.07, 6.45) is 48.4. The zero-order valence-corrected chi connectivity index (χ0v) is 29.6. The lowest BCUT2D eigenvalue weighted by Gasteiger charge is -2.30. The van der Waals surface area contributed by atoms with E-state index in [4.69, 9.17) is 0 Å². The molecule has 250 valence electrons. The van der Waals surface area contributed by atoms with Gasteiger partial charge in [-0.2, -0.15) is 0 Å². The molecule has 2 nitrogen and oxygen atoms in total. The van der Waals surface area contributed by atoms with E-state index < -0.39 is 0 Å². The number of hydrogen-bond acceptors (Lipinski definition) is 1. The highest BCUT2D eigenvalue weighted by Gasteiger charge is 2.13. The average Bonchev–Trinajstić information content (AvgIpc) is 2.94. The number of rotatable bonds is 35. The van der Waals surface area contributed by atoms with Gasteiger partial charge in [0.2, 0.25) is 0 Å². The van der Waals surface area contributed by atoms with E-state index in [2.05, 4.69) is 27.9 Å². The molecule has 0 bridgehead atoms. The van der Waals surface area contributed by atoms with Gasteiger partial charge in [0.25, 0.3) is 0 Å². The zero-order valence-electron chi connectivity index (χ0n) is 29.6. The Kier molecular flexibility index (Phi) is 37.9. The minimum atomic E-state index is 0. The van der Waals surface area contributed by atoms with Crippen LogP contribution < -0.4 is 0 Å². The highest BCUT2D eigenvalue weighted by Crippen LogP contribution is 2.16. The predicted molar refractivity (Wildman–Crippen MR) is 187 cm³/mol. The minimum Gasteiger partial charge on any atom is -0.870 e. The molecule has 0 fully saturated rings. The standard InChI is InChI=1S/C39H82N.H2O/c1-5-7-9-11-13-15-17-19-21-23-25-27-29-31-33-35-37-39-40(3,4)38-36-34-32-30-28-26-24-22-20-18-16-14-12-10-8-6-2;/h5-39H2,1-4H3;1H2/q+1;/p-1. The first-order chi connectivity index (χ1) is 19.6. The maximum Gasteiger partial charge on any atom is 0.0782 e. The Labute approximate surface area is 262 Å². The van der Waals surface area contributed by atoms with E-state index in [1.807, 2.05) is 0 Å². The van der Waals surface area contributed by atoms with Crippen LogP contribution >= 0.6 is 0 Å². The summed E-state index contributed by atoms with van der Waals surface area (Å²) in [5, 5.41) is 0. The van der Waals surface area contributed by atoms with Gasteiger partial charge in [0.15, 0.2) is 0 Å². The van der Waals surface area contributed by atoms with Crippen LogP contribution in [-0.4, -0.2) is 37.1 Å². The Morgan fingerprint density at radius 2 is 0.390 bits per heavy atom. The molecule has 0 spiro atoms. The van der Waals surface area contributed by atoms with Crippen molar-refractivity contribution >= 4 is 0 Å². The summed E-state index contributed by atoms with van der Waals surface area (Å²) in [5.41, 5.74) is 0. The molecule has 0 aliphatic rings. The Morgan fingerprint density at radius 3 is 0.561 bits per heavy atom. The molecule has 0 atom stereocenters. The van der Waals surface area contributed by atoms with Crippen LogP contribution in [0.15, 0.2) is 0 Å². The Bertz CT molecular complexity index is 449. The van der Waals surface area contributed by atoms with Crippen molar-refractivity contribution in [1.82, 2.24) is 0 Å². The van der Waals surface area contributed by atoms with E-state index in [1.165, 1.54) is 229 Å². The molecule has 1 N–H and O–H groups in total. The highest BCUT2D eigenvalue weighted by molar-refractivity contribution is 4.52. The molecule has 0 amide bonds. The molecule has 0 rings (SSSR count). The first-order valence-electron chi connectivity index (χ1n) is 19.4. The topological polar surface area (TPSA) is 30.0 Å².